The second-order valence-corrected chi connectivity index (χ2v) is 5.80. The Bertz CT molecular complexity index is 501. The molecule has 1 aromatic heterocycles. The molecule has 0 aromatic carbocycles. The molecule has 1 heterocycles. The lowest BCUT2D eigenvalue weighted by atomic mass is 9.99. The van der Waals surface area contributed by atoms with Gasteiger partial charge in [0.2, 0.25) is 0 Å². The first-order chi connectivity index (χ1) is 8.61. The third kappa shape index (κ3) is 4.16. The van der Waals surface area contributed by atoms with Gasteiger partial charge in [-0.3, -0.25) is 14.6 Å². The van der Waals surface area contributed by atoms with E-state index in [0.29, 0.717) is 5.69 Å². The Hall–Kier alpha value is -1.71. The van der Waals surface area contributed by atoms with Gasteiger partial charge in [-0.25, -0.2) is 0 Å². The van der Waals surface area contributed by atoms with Crippen molar-refractivity contribution in [3.63, 3.8) is 0 Å². The van der Waals surface area contributed by atoms with E-state index in [1.165, 1.54) is 0 Å². The van der Waals surface area contributed by atoms with Crippen molar-refractivity contribution >= 4 is 11.8 Å². The van der Waals surface area contributed by atoms with E-state index in [1.807, 2.05) is 19.9 Å². The highest BCUT2D eigenvalue weighted by Gasteiger charge is 2.29. The molecular formula is C15H21NO3. The zero-order valence-electron chi connectivity index (χ0n) is 12.4. The molecule has 1 aromatic rings. The second kappa shape index (κ2) is 5.51. The molecule has 0 aliphatic heterocycles. The van der Waals surface area contributed by atoms with E-state index >= 15 is 0 Å². The fourth-order valence-electron chi connectivity index (χ4n) is 1.68. The maximum absolute atomic E-state index is 12.2. The van der Waals surface area contributed by atoms with Crippen LogP contribution in [0.1, 0.15) is 49.3 Å². The van der Waals surface area contributed by atoms with Crippen LogP contribution < -0.4 is 0 Å². The Kier molecular flexibility index (Phi) is 4.45. The summed E-state index contributed by atoms with van der Waals surface area (Å²) in [5.41, 5.74) is 1.50. The highest BCUT2D eigenvalue weighted by molar-refractivity contribution is 6.08. The van der Waals surface area contributed by atoms with Gasteiger partial charge in [-0.15, -0.1) is 0 Å². The number of pyridine rings is 1. The third-order valence-electron chi connectivity index (χ3n) is 2.60. The third-order valence-corrected chi connectivity index (χ3v) is 2.60. The molecule has 0 aliphatic carbocycles. The van der Waals surface area contributed by atoms with Gasteiger partial charge in [0.25, 0.3) is 0 Å². The number of Topliss-reactive ketones (excluding diaryl/α,β-unsaturated/α-hetero) is 1. The number of nitrogens with zero attached hydrogens (tertiary/aromatic N) is 1. The van der Waals surface area contributed by atoms with Crippen molar-refractivity contribution < 1.29 is 14.3 Å². The maximum atomic E-state index is 12.2. The molecule has 0 saturated carbocycles. The van der Waals surface area contributed by atoms with E-state index in [0.717, 1.165) is 11.1 Å². The van der Waals surface area contributed by atoms with Gasteiger partial charge in [0, 0.05) is 6.20 Å². The first kappa shape index (κ1) is 15.3. The molecule has 0 aliphatic rings. The van der Waals surface area contributed by atoms with Gasteiger partial charge in [0.1, 0.15) is 17.2 Å². The number of ether oxygens (including phenoxy) is 1. The largest absolute Gasteiger partial charge is 0.459 e. The van der Waals surface area contributed by atoms with Gasteiger partial charge in [-0.1, -0.05) is 6.07 Å². The first-order valence-corrected chi connectivity index (χ1v) is 6.32. The summed E-state index contributed by atoms with van der Waals surface area (Å²) in [6, 6.07) is 1.88. The number of aryl methyl sites for hydroxylation is 2. The van der Waals surface area contributed by atoms with Crippen LogP contribution in [-0.4, -0.2) is 22.3 Å². The monoisotopic (exact) mass is 263 g/mol. The molecule has 0 amide bonds. The van der Waals surface area contributed by atoms with E-state index in [9.17, 15) is 9.59 Å². The number of esters is 1. The van der Waals surface area contributed by atoms with Crippen LogP contribution in [0.2, 0.25) is 0 Å². The average molecular weight is 263 g/mol. The Labute approximate surface area is 114 Å². The zero-order valence-corrected chi connectivity index (χ0v) is 12.4. The van der Waals surface area contributed by atoms with Crippen LogP contribution in [0.4, 0.5) is 0 Å². The zero-order chi connectivity index (χ0) is 14.8. The summed E-state index contributed by atoms with van der Waals surface area (Å²) in [5.74, 6) is -1.65. The molecule has 0 spiro atoms. The lowest BCUT2D eigenvalue weighted by Crippen LogP contribution is -2.31. The van der Waals surface area contributed by atoms with Crippen molar-refractivity contribution in [1.29, 1.82) is 0 Å². The topological polar surface area (TPSA) is 56.3 Å². The Morgan fingerprint density at radius 2 is 1.84 bits per heavy atom. The average Bonchev–Trinajstić information content (AvgIpc) is 2.24. The number of ketones is 1. The van der Waals surface area contributed by atoms with Crippen LogP contribution in [-0.2, 0) is 9.53 Å². The van der Waals surface area contributed by atoms with Crippen molar-refractivity contribution in [3.8, 4) is 0 Å². The van der Waals surface area contributed by atoms with Crippen LogP contribution in [0.25, 0.3) is 0 Å². The van der Waals surface area contributed by atoms with Crippen molar-refractivity contribution in [2.45, 2.75) is 47.1 Å². The Morgan fingerprint density at radius 1 is 1.26 bits per heavy atom. The van der Waals surface area contributed by atoms with Gasteiger partial charge < -0.3 is 4.74 Å². The van der Waals surface area contributed by atoms with Gasteiger partial charge in [-0.2, -0.15) is 0 Å². The van der Waals surface area contributed by atoms with Gasteiger partial charge in [0.15, 0.2) is 5.78 Å². The van der Waals surface area contributed by atoms with E-state index in [4.69, 9.17) is 4.74 Å². The van der Waals surface area contributed by atoms with Crippen LogP contribution in [0.15, 0.2) is 12.3 Å². The summed E-state index contributed by atoms with van der Waals surface area (Å²) in [7, 11) is 0. The van der Waals surface area contributed by atoms with Crippen molar-refractivity contribution in [2.24, 2.45) is 5.92 Å². The molecule has 4 nitrogen and oxygen atoms in total. The summed E-state index contributed by atoms with van der Waals surface area (Å²) in [6.45, 7) is 10.6. The lowest BCUT2D eigenvalue weighted by molar-refractivity contribution is -0.157. The molecule has 0 fully saturated rings. The van der Waals surface area contributed by atoms with Crippen LogP contribution in [0.3, 0.4) is 0 Å². The molecule has 0 radical (unpaired) electrons. The van der Waals surface area contributed by atoms with E-state index < -0.39 is 17.5 Å². The fraction of sp³-hybridized carbons (Fsp3) is 0.533. The predicted octanol–water partition coefficient (Wildman–Crippen LogP) is 2.86. The van der Waals surface area contributed by atoms with Crippen molar-refractivity contribution in [1.82, 2.24) is 4.98 Å². The Morgan fingerprint density at radius 3 is 2.32 bits per heavy atom. The highest BCUT2D eigenvalue weighted by atomic mass is 16.6. The normalized spacial score (nSPS) is 12.9. The molecule has 19 heavy (non-hydrogen) atoms. The molecular weight excluding hydrogens is 242 g/mol. The number of hydrogen-bond acceptors (Lipinski definition) is 4. The summed E-state index contributed by atoms with van der Waals surface area (Å²) in [5, 5.41) is 0. The minimum absolute atomic E-state index is 0.299. The van der Waals surface area contributed by atoms with Gasteiger partial charge >= 0.3 is 5.97 Å². The molecule has 1 rings (SSSR count). The van der Waals surface area contributed by atoms with Gasteiger partial charge in [-0.05, 0) is 52.7 Å². The molecule has 1 atom stereocenters. The summed E-state index contributed by atoms with van der Waals surface area (Å²) < 4.78 is 5.22. The van der Waals surface area contributed by atoms with E-state index in [1.54, 1.807) is 33.9 Å². The first-order valence-electron chi connectivity index (χ1n) is 6.32. The fourth-order valence-corrected chi connectivity index (χ4v) is 1.68. The van der Waals surface area contributed by atoms with E-state index in [-0.39, 0.29) is 5.78 Å². The summed E-state index contributed by atoms with van der Waals surface area (Å²) in [4.78, 5) is 28.2. The van der Waals surface area contributed by atoms with E-state index in [2.05, 4.69) is 4.98 Å². The number of rotatable bonds is 3. The summed E-state index contributed by atoms with van der Waals surface area (Å²) >= 11 is 0. The minimum atomic E-state index is -0.840. The molecule has 104 valence electrons. The smallest absolute Gasteiger partial charge is 0.317 e. The van der Waals surface area contributed by atoms with Gasteiger partial charge in [0.05, 0.1) is 0 Å². The van der Waals surface area contributed by atoms with Crippen LogP contribution >= 0.6 is 0 Å². The SMILES string of the molecule is Cc1cnc(C(=O)C(C)C(=O)OC(C)(C)C)c(C)c1. The molecule has 1 unspecified atom stereocenters. The number of aromatic nitrogens is 1. The molecule has 4 heteroatoms. The molecule has 0 bridgehead atoms. The maximum Gasteiger partial charge on any atom is 0.317 e. The van der Waals surface area contributed by atoms with Crippen LogP contribution in [0, 0.1) is 19.8 Å². The highest BCUT2D eigenvalue weighted by Crippen LogP contribution is 2.16. The van der Waals surface area contributed by atoms with Crippen LogP contribution in [0.5, 0.6) is 0 Å². The van der Waals surface area contributed by atoms with Crippen molar-refractivity contribution in [2.75, 3.05) is 0 Å². The Balaban J connectivity index is 2.91. The standard InChI is InChI=1S/C15H21NO3/c1-9-7-10(2)12(16-8-9)13(17)11(3)14(18)19-15(4,5)6/h7-8,11H,1-6H3. The number of hydrogen-bond donors (Lipinski definition) is 0. The van der Waals surface area contributed by atoms with Crippen molar-refractivity contribution in [3.05, 3.63) is 29.1 Å². The second-order valence-electron chi connectivity index (χ2n) is 5.80. The number of carbonyl (C=O) groups is 2. The minimum Gasteiger partial charge on any atom is -0.459 e. The quantitative estimate of drug-likeness (QED) is 0.478. The predicted molar refractivity (Wildman–Crippen MR) is 73.1 cm³/mol. The lowest BCUT2D eigenvalue weighted by Gasteiger charge is -2.21. The molecule has 0 saturated heterocycles. The number of carbonyl (C=O) groups excluding carboxylic acids is 2. The summed E-state index contributed by atoms with van der Waals surface area (Å²) in [6.07, 6.45) is 1.63. The molecule has 0 N–H and O–H groups in total.